The predicted molar refractivity (Wildman–Crippen MR) is 145 cm³/mol. The normalized spacial score (nSPS) is 45.6. The molecule has 5 aliphatic rings. The van der Waals surface area contributed by atoms with Crippen LogP contribution in [-0.4, -0.2) is 61.3 Å². The molecule has 3 heterocycles. The highest BCUT2D eigenvalue weighted by Gasteiger charge is 2.78. The van der Waals surface area contributed by atoms with Crippen molar-refractivity contribution in [2.45, 2.75) is 97.2 Å². The lowest BCUT2D eigenvalue weighted by Gasteiger charge is -2.65. The van der Waals surface area contributed by atoms with Crippen molar-refractivity contribution in [3.05, 3.63) is 47.0 Å². The number of carbonyl (C=O) groups excluding carboxylic acids is 2. The fourth-order valence-corrected chi connectivity index (χ4v) is 9.66. The molecule has 4 fully saturated rings. The number of furan rings is 1. The van der Waals surface area contributed by atoms with Gasteiger partial charge in [0.25, 0.3) is 0 Å². The molecule has 0 amide bonds. The molecule has 0 unspecified atom stereocenters. The minimum atomic E-state index is -0.727. The highest BCUT2D eigenvalue weighted by Crippen LogP contribution is 2.73. The molecular formula is C32H42O8. The van der Waals surface area contributed by atoms with Gasteiger partial charge in [0.1, 0.15) is 6.10 Å². The van der Waals surface area contributed by atoms with E-state index in [0.29, 0.717) is 12.2 Å². The summed E-state index contributed by atoms with van der Waals surface area (Å²) in [6, 6.07) is 2.01. The van der Waals surface area contributed by atoms with Crippen LogP contribution in [0.15, 0.2) is 45.8 Å². The highest BCUT2D eigenvalue weighted by atomic mass is 16.6. The molecular weight excluding hydrogens is 512 g/mol. The zero-order chi connectivity index (χ0) is 28.8. The summed E-state index contributed by atoms with van der Waals surface area (Å²) in [4.78, 5) is 26.4. The number of hydrogen-bond donors (Lipinski definition) is 1. The Morgan fingerprint density at radius 3 is 2.62 bits per heavy atom. The molecule has 1 aromatic rings. The number of ether oxygens (including phenoxy) is 4. The second-order valence-electron chi connectivity index (χ2n) is 13.3. The first kappa shape index (κ1) is 27.7. The molecule has 2 saturated carbocycles. The second-order valence-corrected chi connectivity index (χ2v) is 13.3. The Kier molecular flexibility index (Phi) is 6.45. The number of fused-ring (bicyclic) bond motifs is 4. The third-order valence-corrected chi connectivity index (χ3v) is 11.7. The molecule has 2 aliphatic heterocycles. The third-order valence-electron chi connectivity index (χ3n) is 11.7. The van der Waals surface area contributed by atoms with Crippen molar-refractivity contribution in [3.63, 3.8) is 0 Å². The molecule has 1 N–H and O–H groups in total. The van der Waals surface area contributed by atoms with Crippen molar-refractivity contribution in [2.24, 2.45) is 28.1 Å². The summed E-state index contributed by atoms with van der Waals surface area (Å²) in [5.41, 5.74) is 2.24. The summed E-state index contributed by atoms with van der Waals surface area (Å²) in [6.45, 7) is 12.5. The Bertz CT molecular complexity index is 1260. The summed E-state index contributed by atoms with van der Waals surface area (Å²) >= 11 is 0. The van der Waals surface area contributed by atoms with Gasteiger partial charge < -0.3 is 28.5 Å². The SMILES string of the molecule is CC=C(C)C(=O)O[C@H]1C[C@H](O)[C@@]2(C)CO[C@H]3[C@H]4O[C@@H]5C[C@@H](c6ccoc6)C(C)=C5[C@@]4(C)[C@H](CC(=O)OC)[C@]1(C)[C@@H]32. The van der Waals surface area contributed by atoms with E-state index in [4.69, 9.17) is 23.4 Å². The maximum Gasteiger partial charge on any atom is 0.333 e. The van der Waals surface area contributed by atoms with E-state index < -0.39 is 34.4 Å². The van der Waals surface area contributed by atoms with Gasteiger partial charge in [0.2, 0.25) is 0 Å². The van der Waals surface area contributed by atoms with Crippen LogP contribution in [0.5, 0.6) is 0 Å². The third kappa shape index (κ3) is 3.48. The van der Waals surface area contributed by atoms with E-state index >= 15 is 0 Å². The Morgan fingerprint density at radius 2 is 1.98 bits per heavy atom. The van der Waals surface area contributed by atoms with Crippen molar-refractivity contribution in [3.8, 4) is 0 Å². The zero-order valence-corrected chi connectivity index (χ0v) is 24.6. The van der Waals surface area contributed by atoms with Gasteiger partial charge in [-0.15, -0.1) is 0 Å². The number of aliphatic hydroxyl groups excluding tert-OH is 1. The largest absolute Gasteiger partial charge is 0.472 e. The summed E-state index contributed by atoms with van der Waals surface area (Å²) in [7, 11) is 1.42. The van der Waals surface area contributed by atoms with Crippen LogP contribution in [-0.2, 0) is 28.5 Å². The molecule has 8 nitrogen and oxygen atoms in total. The average molecular weight is 555 g/mol. The van der Waals surface area contributed by atoms with Crippen LogP contribution in [0.2, 0.25) is 0 Å². The van der Waals surface area contributed by atoms with E-state index in [-0.39, 0.29) is 54.9 Å². The lowest BCUT2D eigenvalue weighted by atomic mass is 9.40. The number of methoxy groups -OCH3 is 1. The second kappa shape index (κ2) is 9.30. The first-order chi connectivity index (χ1) is 18.9. The van der Waals surface area contributed by atoms with E-state index in [1.807, 2.05) is 6.07 Å². The van der Waals surface area contributed by atoms with E-state index in [1.165, 1.54) is 18.3 Å². The molecule has 2 saturated heterocycles. The van der Waals surface area contributed by atoms with Gasteiger partial charge in [0.05, 0.1) is 50.7 Å². The van der Waals surface area contributed by atoms with Crippen LogP contribution in [0, 0.1) is 28.1 Å². The molecule has 11 atom stereocenters. The zero-order valence-electron chi connectivity index (χ0n) is 24.6. The quantitative estimate of drug-likeness (QED) is 0.317. The minimum absolute atomic E-state index is 0.120. The van der Waals surface area contributed by atoms with Crippen molar-refractivity contribution in [2.75, 3.05) is 13.7 Å². The number of rotatable bonds is 5. The summed E-state index contributed by atoms with van der Waals surface area (Å²) in [6.07, 6.45) is 4.37. The fraction of sp³-hybridized carbons (Fsp3) is 0.688. The van der Waals surface area contributed by atoms with Crippen molar-refractivity contribution in [1.82, 2.24) is 0 Å². The number of carbonyl (C=O) groups is 2. The molecule has 0 spiro atoms. The molecule has 8 heteroatoms. The van der Waals surface area contributed by atoms with Crippen molar-refractivity contribution in [1.29, 1.82) is 0 Å². The standard InChI is InChI=1S/C32H42O8/c1-8-16(2)29(35)40-23-13-22(33)30(4)15-38-26-27(30)31(23,5)21(12-24(34)36-7)32(6)25-17(3)19(18-9-10-37-14-18)11-20(25)39-28(26)32/h8-10,14,19-23,26-28,33H,11-13,15H2,1-7H3/t19-,20-,21-,22+,23+,26-,27+,28-,30-,31+,32-/m1/s1. The summed E-state index contributed by atoms with van der Waals surface area (Å²) < 4.78 is 30.5. The summed E-state index contributed by atoms with van der Waals surface area (Å²) in [5.74, 6) is -1.02. The number of allylic oxidation sites excluding steroid dienone is 2. The minimum Gasteiger partial charge on any atom is -0.472 e. The molecule has 1 aromatic heterocycles. The van der Waals surface area contributed by atoms with E-state index in [2.05, 4.69) is 27.7 Å². The van der Waals surface area contributed by atoms with Crippen LogP contribution in [0.25, 0.3) is 0 Å². The van der Waals surface area contributed by atoms with Gasteiger partial charge in [0.15, 0.2) is 0 Å². The number of esters is 2. The Balaban J connectivity index is 1.54. The highest BCUT2D eigenvalue weighted by molar-refractivity contribution is 5.87. The van der Waals surface area contributed by atoms with Gasteiger partial charge in [-0.3, -0.25) is 4.79 Å². The Morgan fingerprint density at radius 1 is 1.23 bits per heavy atom. The Labute approximate surface area is 236 Å². The van der Waals surface area contributed by atoms with Gasteiger partial charge in [-0.1, -0.05) is 32.4 Å². The van der Waals surface area contributed by atoms with Crippen molar-refractivity contribution >= 4 is 11.9 Å². The van der Waals surface area contributed by atoms with Crippen LogP contribution in [0.3, 0.4) is 0 Å². The maximum atomic E-state index is 13.2. The first-order valence-corrected chi connectivity index (χ1v) is 14.5. The topological polar surface area (TPSA) is 104 Å². The number of hydrogen-bond acceptors (Lipinski definition) is 8. The molecule has 6 rings (SSSR count). The monoisotopic (exact) mass is 554 g/mol. The van der Waals surface area contributed by atoms with Gasteiger partial charge in [-0.05, 0) is 50.3 Å². The van der Waals surface area contributed by atoms with Gasteiger partial charge in [-0.25, -0.2) is 4.79 Å². The lowest BCUT2D eigenvalue weighted by molar-refractivity contribution is -0.248. The smallest absolute Gasteiger partial charge is 0.333 e. The summed E-state index contributed by atoms with van der Waals surface area (Å²) in [5, 5.41) is 11.5. The molecule has 40 heavy (non-hydrogen) atoms. The maximum absolute atomic E-state index is 13.2. The lowest BCUT2D eigenvalue weighted by Crippen LogP contribution is -2.70. The van der Waals surface area contributed by atoms with Gasteiger partial charge in [0, 0.05) is 46.5 Å². The molecule has 218 valence electrons. The van der Waals surface area contributed by atoms with Crippen LogP contribution in [0.1, 0.15) is 72.3 Å². The van der Waals surface area contributed by atoms with Crippen LogP contribution >= 0.6 is 0 Å². The fourth-order valence-electron chi connectivity index (χ4n) is 9.66. The van der Waals surface area contributed by atoms with Gasteiger partial charge >= 0.3 is 11.9 Å². The molecule has 0 bridgehead atoms. The molecule has 3 aliphatic carbocycles. The van der Waals surface area contributed by atoms with Crippen LogP contribution < -0.4 is 0 Å². The first-order valence-electron chi connectivity index (χ1n) is 14.5. The molecule has 0 aromatic carbocycles. The van der Waals surface area contributed by atoms with E-state index in [1.54, 1.807) is 32.4 Å². The van der Waals surface area contributed by atoms with E-state index in [0.717, 1.165) is 12.0 Å². The molecule has 0 radical (unpaired) electrons. The Hall–Kier alpha value is -2.42. The van der Waals surface area contributed by atoms with Crippen molar-refractivity contribution < 1.29 is 38.1 Å². The van der Waals surface area contributed by atoms with Gasteiger partial charge in [-0.2, -0.15) is 0 Å². The number of aliphatic hydroxyl groups is 1. The van der Waals surface area contributed by atoms with Crippen LogP contribution in [0.4, 0.5) is 0 Å². The van der Waals surface area contributed by atoms with E-state index in [9.17, 15) is 14.7 Å². The average Bonchev–Trinajstić information content (AvgIpc) is 3.70. The predicted octanol–water partition coefficient (Wildman–Crippen LogP) is 4.72.